The van der Waals surface area contributed by atoms with Gasteiger partial charge in [-0.1, -0.05) is 12.1 Å². The molecule has 0 unspecified atom stereocenters. The third-order valence-electron chi connectivity index (χ3n) is 5.38. The van der Waals surface area contributed by atoms with Gasteiger partial charge in [0.25, 0.3) is 0 Å². The SMILES string of the molecule is COc1ccc(S(=O)(=O)N2C[C@@H]3CNC[C@@H]3[C@H]2c2cccc(F)c2)cc1. The maximum Gasteiger partial charge on any atom is 0.243 e. The largest absolute Gasteiger partial charge is 0.497 e. The highest BCUT2D eigenvalue weighted by molar-refractivity contribution is 7.89. The molecule has 4 rings (SSSR count). The molecule has 2 aromatic carbocycles. The molecule has 0 amide bonds. The van der Waals surface area contributed by atoms with Crippen molar-refractivity contribution in [3.8, 4) is 5.75 Å². The van der Waals surface area contributed by atoms with E-state index in [-0.39, 0.29) is 28.6 Å². The first-order valence-electron chi connectivity index (χ1n) is 8.63. The average Bonchev–Trinajstić information content (AvgIpc) is 3.23. The molecule has 2 aliphatic heterocycles. The summed E-state index contributed by atoms with van der Waals surface area (Å²) in [7, 11) is -2.15. The second kappa shape index (κ2) is 6.64. The minimum absolute atomic E-state index is 0.143. The number of hydrogen-bond acceptors (Lipinski definition) is 4. The van der Waals surface area contributed by atoms with Gasteiger partial charge in [0.15, 0.2) is 0 Å². The highest BCUT2D eigenvalue weighted by Crippen LogP contribution is 2.45. The molecular weight excluding hydrogens is 355 g/mol. The maximum atomic E-state index is 13.8. The molecule has 0 spiro atoms. The smallest absolute Gasteiger partial charge is 0.243 e. The number of methoxy groups -OCH3 is 1. The second-order valence-corrected chi connectivity index (χ2v) is 8.72. The predicted molar refractivity (Wildman–Crippen MR) is 95.9 cm³/mol. The molecular formula is C19H21FN2O3S. The first kappa shape index (κ1) is 17.5. The number of sulfonamides is 1. The number of fused-ring (bicyclic) bond motifs is 1. The maximum absolute atomic E-state index is 13.8. The van der Waals surface area contributed by atoms with E-state index in [1.165, 1.54) is 19.2 Å². The topological polar surface area (TPSA) is 58.6 Å². The minimum atomic E-state index is -3.69. The van der Waals surface area contributed by atoms with E-state index in [4.69, 9.17) is 4.74 Å². The molecule has 0 saturated carbocycles. The standard InChI is InChI=1S/C19H21FN2O3S/c1-25-16-5-7-17(8-6-16)26(23,24)22-12-14-10-21-11-18(14)19(22)13-3-2-4-15(20)9-13/h2-9,14,18-19,21H,10-12H2,1H3/t14-,18-,19+/m0/s1. The fraction of sp³-hybridized carbons (Fsp3) is 0.368. The average molecular weight is 376 g/mol. The highest BCUT2D eigenvalue weighted by Gasteiger charge is 2.49. The molecule has 0 aromatic heterocycles. The quantitative estimate of drug-likeness (QED) is 0.890. The van der Waals surface area contributed by atoms with Crippen LogP contribution in [0.15, 0.2) is 53.4 Å². The van der Waals surface area contributed by atoms with Gasteiger partial charge in [0, 0.05) is 13.1 Å². The summed E-state index contributed by atoms with van der Waals surface area (Å²) in [4.78, 5) is 0.229. The summed E-state index contributed by atoms with van der Waals surface area (Å²) < 4.78 is 47.1. The number of hydrogen-bond donors (Lipinski definition) is 1. The summed E-state index contributed by atoms with van der Waals surface area (Å²) in [6, 6.07) is 12.3. The molecule has 0 aliphatic carbocycles. The Bertz CT molecular complexity index is 901. The Kier molecular flexibility index (Phi) is 4.46. The Morgan fingerprint density at radius 2 is 1.92 bits per heavy atom. The van der Waals surface area contributed by atoms with Crippen LogP contribution in [0.1, 0.15) is 11.6 Å². The number of halogens is 1. The van der Waals surface area contributed by atoms with Gasteiger partial charge in [-0.2, -0.15) is 4.31 Å². The summed E-state index contributed by atoms with van der Waals surface area (Å²) in [5.74, 6) is 0.632. The first-order valence-corrected chi connectivity index (χ1v) is 10.1. The first-order chi connectivity index (χ1) is 12.5. The normalized spacial score (nSPS) is 26.0. The summed E-state index contributed by atoms with van der Waals surface area (Å²) >= 11 is 0. The fourth-order valence-corrected chi connectivity index (χ4v) is 5.83. The zero-order valence-corrected chi connectivity index (χ0v) is 15.2. The molecule has 3 atom stereocenters. The molecule has 2 heterocycles. The molecule has 26 heavy (non-hydrogen) atoms. The van der Waals surface area contributed by atoms with Crippen LogP contribution in [0.25, 0.3) is 0 Å². The van der Waals surface area contributed by atoms with Crippen molar-refractivity contribution in [1.82, 2.24) is 9.62 Å². The van der Waals surface area contributed by atoms with Gasteiger partial charge in [-0.05, 0) is 60.3 Å². The van der Waals surface area contributed by atoms with Crippen molar-refractivity contribution in [1.29, 1.82) is 0 Å². The van der Waals surface area contributed by atoms with Gasteiger partial charge >= 0.3 is 0 Å². The minimum Gasteiger partial charge on any atom is -0.497 e. The molecule has 2 aliphatic rings. The van der Waals surface area contributed by atoms with E-state index in [0.29, 0.717) is 17.9 Å². The van der Waals surface area contributed by atoms with Crippen molar-refractivity contribution < 1.29 is 17.5 Å². The van der Waals surface area contributed by atoms with Crippen LogP contribution in [0.2, 0.25) is 0 Å². The lowest BCUT2D eigenvalue weighted by molar-refractivity contribution is 0.344. The molecule has 7 heteroatoms. The highest BCUT2D eigenvalue weighted by atomic mass is 32.2. The number of ether oxygens (including phenoxy) is 1. The van der Waals surface area contributed by atoms with Gasteiger partial charge in [-0.25, -0.2) is 12.8 Å². The predicted octanol–water partition coefficient (Wildman–Crippen LogP) is 2.42. The van der Waals surface area contributed by atoms with Crippen LogP contribution in [0, 0.1) is 17.7 Å². The van der Waals surface area contributed by atoms with Crippen LogP contribution < -0.4 is 10.1 Å². The van der Waals surface area contributed by atoms with Gasteiger partial charge in [-0.15, -0.1) is 0 Å². The Hall–Kier alpha value is -1.96. The third kappa shape index (κ3) is 2.90. The van der Waals surface area contributed by atoms with E-state index in [9.17, 15) is 12.8 Å². The summed E-state index contributed by atoms with van der Waals surface area (Å²) in [6.07, 6.45) is 0. The lowest BCUT2D eigenvalue weighted by Gasteiger charge is -2.27. The van der Waals surface area contributed by atoms with Crippen LogP contribution in [0.4, 0.5) is 4.39 Å². The van der Waals surface area contributed by atoms with Crippen LogP contribution in [0.5, 0.6) is 5.75 Å². The van der Waals surface area contributed by atoms with E-state index in [0.717, 1.165) is 13.1 Å². The Morgan fingerprint density at radius 1 is 1.15 bits per heavy atom. The molecule has 2 fully saturated rings. The number of rotatable bonds is 4. The Morgan fingerprint density at radius 3 is 2.62 bits per heavy atom. The van der Waals surface area contributed by atoms with Crippen molar-refractivity contribution in [2.75, 3.05) is 26.7 Å². The van der Waals surface area contributed by atoms with Crippen molar-refractivity contribution in [3.05, 3.63) is 59.9 Å². The monoisotopic (exact) mass is 376 g/mol. The Balaban J connectivity index is 1.75. The second-order valence-electron chi connectivity index (χ2n) is 6.83. The summed E-state index contributed by atoms with van der Waals surface area (Å²) in [5.41, 5.74) is 0.707. The molecule has 0 bridgehead atoms. The molecule has 1 N–H and O–H groups in total. The van der Waals surface area contributed by atoms with Crippen molar-refractivity contribution in [3.63, 3.8) is 0 Å². The fourth-order valence-electron chi connectivity index (χ4n) is 4.12. The molecule has 0 radical (unpaired) electrons. The Labute approximate surface area is 152 Å². The van der Waals surface area contributed by atoms with E-state index in [1.54, 1.807) is 34.6 Å². The van der Waals surface area contributed by atoms with Crippen LogP contribution in [-0.2, 0) is 10.0 Å². The lowest BCUT2D eigenvalue weighted by atomic mass is 9.90. The third-order valence-corrected chi connectivity index (χ3v) is 7.24. The van der Waals surface area contributed by atoms with E-state index in [1.807, 2.05) is 6.07 Å². The molecule has 2 aromatic rings. The van der Waals surface area contributed by atoms with Gasteiger partial charge in [0.05, 0.1) is 18.0 Å². The van der Waals surface area contributed by atoms with Crippen molar-refractivity contribution >= 4 is 10.0 Å². The van der Waals surface area contributed by atoms with Crippen molar-refractivity contribution in [2.24, 2.45) is 11.8 Å². The van der Waals surface area contributed by atoms with E-state index >= 15 is 0 Å². The molecule has 2 saturated heterocycles. The van der Waals surface area contributed by atoms with Gasteiger partial charge in [0.2, 0.25) is 10.0 Å². The molecule has 138 valence electrons. The zero-order valence-electron chi connectivity index (χ0n) is 14.4. The van der Waals surface area contributed by atoms with Crippen molar-refractivity contribution in [2.45, 2.75) is 10.9 Å². The van der Waals surface area contributed by atoms with E-state index in [2.05, 4.69) is 5.32 Å². The molecule has 5 nitrogen and oxygen atoms in total. The van der Waals surface area contributed by atoms with Crippen LogP contribution in [0.3, 0.4) is 0 Å². The van der Waals surface area contributed by atoms with Gasteiger partial charge < -0.3 is 10.1 Å². The summed E-state index contributed by atoms with van der Waals surface area (Å²) in [5, 5.41) is 3.33. The summed E-state index contributed by atoms with van der Waals surface area (Å²) in [6.45, 7) is 1.96. The van der Waals surface area contributed by atoms with Crippen LogP contribution in [-0.4, -0.2) is 39.5 Å². The lowest BCUT2D eigenvalue weighted by Crippen LogP contribution is -2.34. The number of nitrogens with one attached hydrogen (secondary N) is 1. The van der Waals surface area contributed by atoms with Crippen LogP contribution >= 0.6 is 0 Å². The van der Waals surface area contributed by atoms with Gasteiger partial charge in [-0.3, -0.25) is 0 Å². The number of benzene rings is 2. The zero-order chi connectivity index (χ0) is 18.3. The van der Waals surface area contributed by atoms with Gasteiger partial charge in [0.1, 0.15) is 11.6 Å². The number of nitrogens with zero attached hydrogens (tertiary/aromatic N) is 1. The van der Waals surface area contributed by atoms with E-state index < -0.39 is 10.0 Å².